The Hall–Kier alpha value is -0.420. The summed E-state index contributed by atoms with van der Waals surface area (Å²) >= 11 is 3.43. The van der Waals surface area contributed by atoms with Crippen LogP contribution in [0.2, 0.25) is 0 Å². The van der Waals surface area contributed by atoms with E-state index in [-0.39, 0.29) is 0 Å². The molecule has 20 heavy (non-hydrogen) atoms. The molecule has 1 aromatic carbocycles. The number of nitrogens with one attached hydrogen (secondary N) is 1. The zero-order chi connectivity index (χ0) is 15.1. The van der Waals surface area contributed by atoms with Crippen molar-refractivity contribution in [2.24, 2.45) is 0 Å². The maximum absolute atomic E-state index is 10.1. The average molecular weight is 343 g/mol. The third-order valence-corrected chi connectivity index (χ3v) is 3.94. The monoisotopic (exact) mass is 342 g/mol. The summed E-state index contributed by atoms with van der Waals surface area (Å²) < 4.78 is 1.000. The maximum Gasteiger partial charge on any atom is 0.0914 e. The molecule has 2 N–H and O–H groups in total. The van der Waals surface area contributed by atoms with Crippen LogP contribution in [0.25, 0.3) is 0 Å². The van der Waals surface area contributed by atoms with Crippen LogP contribution >= 0.6 is 15.9 Å². The summed E-state index contributed by atoms with van der Waals surface area (Å²) in [6.45, 7) is 11.3. The predicted molar refractivity (Wildman–Crippen MR) is 88.9 cm³/mol. The Morgan fingerprint density at radius 1 is 1.20 bits per heavy atom. The fraction of sp³-hybridized carbons (Fsp3) is 0.625. The van der Waals surface area contributed by atoms with Gasteiger partial charge in [0.1, 0.15) is 0 Å². The van der Waals surface area contributed by atoms with E-state index in [9.17, 15) is 5.11 Å². The van der Waals surface area contributed by atoms with Crippen LogP contribution in [0.15, 0.2) is 28.7 Å². The summed E-state index contributed by atoms with van der Waals surface area (Å²) in [4.78, 5) is 2.44. The number of hydrogen-bond donors (Lipinski definition) is 2. The molecule has 1 aromatic rings. The van der Waals surface area contributed by atoms with Crippen molar-refractivity contribution in [3.63, 3.8) is 0 Å². The molecule has 0 fully saturated rings. The molecule has 0 aliphatic carbocycles. The molecule has 1 rings (SSSR count). The number of rotatable bonds is 8. The van der Waals surface area contributed by atoms with Crippen molar-refractivity contribution in [1.82, 2.24) is 10.2 Å². The van der Waals surface area contributed by atoms with Crippen LogP contribution in [0.5, 0.6) is 0 Å². The van der Waals surface area contributed by atoms with E-state index >= 15 is 0 Å². The van der Waals surface area contributed by atoms with Gasteiger partial charge in [0.2, 0.25) is 0 Å². The lowest BCUT2D eigenvalue weighted by Gasteiger charge is -2.30. The highest BCUT2D eigenvalue weighted by Crippen LogP contribution is 2.17. The zero-order valence-corrected chi connectivity index (χ0v) is 14.5. The second kappa shape index (κ2) is 8.78. The van der Waals surface area contributed by atoms with Crippen LogP contribution in [0.3, 0.4) is 0 Å². The molecule has 4 heteroatoms. The fourth-order valence-corrected chi connectivity index (χ4v) is 2.81. The van der Waals surface area contributed by atoms with Crippen molar-refractivity contribution in [1.29, 1.82) is 0 Å². The highest BCUT2D eigenvalue weighted by Gasteiger charge is 2.13. The summed E-state index contributed by atoms with van der Waals surface area (Å²) in [6, 6.07) is 8.92. The van der Waals surface area contributed by atoms with Crippen molar-refractivity contribution in [2.75, 3.05) is 19.6 Å². The second-order valence-electron chi connectivity index (χ2n) is 5.70. The minimum atomic E-state index is -0.459. The van der Waals surface area contributed by atoms with Crippen molar-refractivity contribution in [3.8, 4) is 0 Å². The first-order valence-electron chi connectivity index (χ1n) is 7.31. The molecule has 1 atom stereocenters. The van der Waals surface area contributed by atoms with Gasteiger partial charge >= 0.3 is 0 Å². The number of aliphatic hydroxyl groups is 1. The summed E-state index contributed by atoms with van der Waals surface area (Å²) in [5, 5.41) is 13.5. The van der Waals surface area contributed by atoms with E-state index in [0.29, 0.717) is 18.6 Å². The van der Waals surface area contributed by atoms with E-state index < -0.39 is 6.10 Å². The number of halogens is 1. The van der Waals surface area contributed by atoms with Crippen LogP contribution in [0.1, 0.15) is 39.4 Å². The van der Waals surface area contributed by atoms with Gasteiger partial charge in [0.15, 0.2) is 0 Å². The lowest BCUT2D eigenvalue weighted by molar-refractivity contribution is 0.157. The van der Waals surface area contributed by atoms with Gasteiger partial charge in [0.25, 0.3) is 0 Å². The quantitative estimate of drug-likeness (QED) is 0.712. The van der Waals surface area contributed by atoms with Gasteiger partial charge in [-0.2, -0.15) is 0 Å². The minimum Gasteiger partial charge on any atom is -0.387 e. The van der Waals surface area contributed by atoms with Gasteiger partial charge in [0, 0.05) is 36.2 Å². The van der Waals surface area contributed by atoms with E-state index in [1.54, 1.807) is 0 Å². The average Bonchev–Trinajstić information content (AvgIpc) is 2.37. The van der Waals surface area contributed by atoms with Crippen LogP contribution in [0, 0.1) is 0 Å². The van der Waals surface area contributed by atoms with Crippen LogP contribution in [-0.4, -0.2) is 41.7 Å². The molecular formula is C16H27BrN2O. The van der Waals surface area contributed by atoms with E-state index in [4.69, 9.17) is 0 Å². The molecule has 0 bridgehead atoms. The second-order valence-corrected chi connectivity index (χ2v) is 6.62. The number of nitrogens with zero attached hydrogens (tertiary/aromatic N) is 1. The van der Waals surface area contributed by atoms with Crippen molar-refractivity contribution in [2.45, 2.75) is 45.9 Å². The lowest BCUT2D eigenvalue weighted by Crippen LogP contribution is -2.42. The fourth-order valence-electron chi connectivity index (χ4n) is 2.39. The first kappa shape index (κ1) is 17.6. The Bertz CT molecular complexity index is 388. The molecule has 114 valence electrons. The molecule has 1 unspecified atom stereocenters. The predicted octanol–water partition coefficient (Wildman–Crippen LogP) is 3.19. The molecule has 0 amide bonds. The van der Waals surface area contributed by atoms with Crippen LogP contribution < -0.4 is 5.32 Å². The number of benzene rings is 1. The van der Waals surface area contributed by atoms with Gasteiger partial charge in [0.05, 0.1) is 6.10 Å². The molecule has 0 aliphatic heterocycles. The summed E-state index contributed by atoms with van der Waals surface area (Å²) in [6.07, 6.45) is -0.459. The molecule has 0 aliphatic rings. The Morgan fingerprint density at radius 2 is 1.85 bits per heavy atom. The molecular weight excluding hydrogens is 316 g/mol. The topological polar surface area (TPSA) is 35.5 Å². The Morgan fingerprint density at radius 3 is 2.40 bits per heavy atom. The summed E-state index contributed by atoms with van der Waals surface area (Å²) in [7, 11) is 0. The smallest absolute Gasteiger partial charge is 0.0914 e. The Labute approximate surface area is 131 Å². The highest BCUT2D eigenvalue weighted by atomic mass is 79.9. The van der Waals surface area contributed by atoms with Gasteiger partial charge in [-0.05, 0) is 45.4 Å². The number of hydrogen-bond acceptors (Lipinski definition) is 3. The van der Waals surface area contributed by atoms with E-state index in [0.717, 1.165) is 23.1 Å². The first-order chi connectivity index (χ1) is 9.41. The molecule has 0 spiro atoms. The van der Waals surface area contributed by atoms with E-state index in [1.807, 2.05) is 24.3 Å². The van der Waals surface area contributed by atoms with Gasteiger partial charge in [-0.15, -0.1) is 0 Å². The maximum atomic E-state index is 10.1. The first-order valence-corrected chi connectivity index (χ1v) is 8.11. The van der Waals surface area contributed by atoms with Crippen molar-refractivity contribution in [3.05, 3.63) is 34.3 Å². The molecule has 3 nitrogen and oxygen atoms in total. The lowest BCUT2D eigenvalue weighted by atomic mass is 10.1. The Kier molecular flexibility index (Phi) is 7.74. The highest BCUT2D eigenvalue weighted by molar-refractivity contribution is 9.10. The van der Waals surface area contributed by atoms with E-state index in [1.165, 1.54) is 0 Å². The minimum absolute atomic E-state index is 0.459. The van der Waals surface area contributed by atoms with Gasteiger partial charge in [-0.25, -0.2) is 0 Å². The molecule has 0 saturated carbocycles. The van der Waals surface area contributed by atoms with Gasteiger partial charge < -0.3 is 10.4 Å². The molecule has 0 radical (unpaired) electrons. The molecule has 0 saturated heterocycles. The molecule has 0 heterocycles. The Balaban J connectivity index is 2.33. The number of aliphatic hydroxyl groups excluding tert-OH is 1. The summed E-state index contributed by atoms with van der Waals surface area (Å²) in [5.74, 6) is 0. The zero-order valence-electron chi connectivity index (χ0n) is 12.9. The summed E-state index contributed by atoms with van der Waals surface area (Å²) in [5.41, 5.74) is 0.941. The third-order valence-electron chi connectivity index (χ3n) is 3.44. The van der Waals surface area contributed by atoms with Gasteiger partial charge in [-0.3, -0.25) is 4.90 Å². The van der Waals surface area contributed by atoms with E-state index in [2.05, 4.69) is 53.8 Å². The third kappa shape index (κ3) is 5.92. The van der Waals surface area contributed by atoms with Crippen molar-refractivity contribution < 1.29 is 5.11 Å². The standard InChI is InChI=1S/C16H27BrN2O/c1-12(2)19(13(3)4)9-8-18-11-16(20)14-6-5-7-15(17)10-14/h5-7,10,12-13,16,18,20H,8-9,11H2,1-4H3. The SMILES string of the molecule is CC(C)N(CCNCC(O)c1cccc(Br)c1)C(C)C. The molecule has 0 aromatic heterocycles. The van der Waals surface area contributed by atoms with Crippen molar-refractivity contribution >= 4 is 15.9 Å². The largest absolute Gasteiger partial charge is 0.387 e. The normalized spacial score (nSPS) is 13.4. The van der Waals surface area contributed by atoms with Crippen LogP contribution in [0.4, 0.5) is 0 Å². The van der Waals surface area contributed by atoms with Gasteiger partial charge in [-0.1, -0.05) is 28.1 Å². The van der Waals surface area contributed by atoms with Crippen LogP contribution in [-0.2, 0) is 0 Å².